The van der Waals surface area contributed by atoms with E-state index in [9.17, 15) is 14.7 Å². The van der Waals surface area contributed by atoms with Gasteiger partial charge in [-0.05, 0) is 41.8 Å². The van der Waals surface area contributed by atoms with Crippen molar-refractivity contribution in [2.45, 2.75) is 13.8 Å². The van der Waals surface area contributed by atoms with E-state index in [2.05, 4.69) is 13.8 Å². The van der Waals surface area contributed by atoms with Crippen molar-refractivity contribution < 1.29 is 24.2 Å². The summed E-state index contributed by atoms with van der Waals surface area (Å²) in [5.74, 6) is 0.0671. The molecule has 0 atom stereocenters. The highest BCUT2D eigenvalue weighted by molar-refractivity contribution is 7.16. The molecule has 6 heteroatoms. The number of methoxy groups -OCH3 is 1. The molecule has 1 aromatic heterocycles. The third kappa shape index (κ3) is 5.19. The summed E-state index contributed by atoms with van der Waals surface area (Å²) in [6.07, 6.45) is 3.06. The fraction of sp³-hybridized carbons (Fsp3) is 0.263. The Morgan fingerprint density at radius 2 is 1.88 bits per heavy atom. The van der Waals surface area contributed by atoms with Crippen molar-refractivity contribution in [3.05, 3.63) is 51.7 Å². The molecule has 0 radical (unpaired) electrons. The number of rotatable bonds is 8. The molecule has 0 spiro atoms. The molecule has 132 valence electrons. The van der Waals surface area contributed by atoms with E-state index in [1.165, 1.54) is 18.2 Å². The molecule has 0 bridgehead atoms. The summed E-state index contributed by atoms with van der Waals surface area (Å²) >= 11 is 0.897. The van der Waals surface area contributed by atoms with E-state index in [4.69, 9.17) is 9.47 Å². The maximum absolute atomic E-state index is 12.1. The standard InChI is InChI=1S/C19H20O5S/c1-12(2)11-24-16-10-13(5-7-15(16)23-3)4-6-14(20)17-8-9-18(25-17)19(21)22/h4-10,12H,11H2,1-3H3,(H,21,22)/p-1/b6-4+. The third-order valence-corrected chi connectivity index (χ3v) is 4.32. The minimum atomic E-state index is -1.28. The van der Waals surface area contributed by atoms with E-state index >= 15 is 0 Å². The number of hydrogen-bond acceptors (Lipinski definition) is 6. The largest absolute Gasteiger partial charge is 0.544 e. The van der Waals surface area contributed by atoms with Crippen LogP contribution >= 0.6 is 11.3 Å². The van der Waals surface area contributed by atoms with Gasteiger partial charge in [0.2, 0.25) is 0 Å². The summed E-state index contributed by atoms with van der Waals surface area (Å²) in [5.41, 5.74) is 0.782. The Hall–Kier alpha value is -2.60. The van der Waals surface area contributed by atoms with Gasteiger partial charge in [-0.15, -0.1) is 11.3 Å². The van der Waals surface area contributed by atoms with Crippen LogP contribution in [0.25, 0.3) is 6.08 Å². The van der Waals surface area contributed by atoms with Crippen molar-refractivity contribution in [2.75, 3.05) is 13.7 Å². The van der Waals surface area contributed by atoms with Crippen LogP contribution in [0.3, 0.4) is 0 Å². The van der Waals surface area contributed by atoms with Gasteiger partial charge in [-0.1, -0.05) is 26.0 Å². The van der Waals surface area contributed by atoms with Crippen LogP contribution in [-0.2, 0) is 0 Å². The van der Waals surface area contributed by atoms with Gasteiger partial charge in [-0.25, -0.2) is 0 Å². The van der Waals surface area contributed by atoms with E-state index in [-0.39, 0.29) is 10.7 Å². The molecule has 0 unspecified atom stereocenters. The van der Waals surface area contributed by atoms with Crippen LogP contribution in [0.4, 0.5) is 0 Å². The monoisotopic (exact) mass is 359 g/mol. The fourth-order valence-electron chi connectivity index (χ4n) is 2.00. The van der Waals surface area contributed by atoms with Crippen LogP contribution in [0.15, 0.2) is 36.4 Å². The summed E-state index contributed by atoms with van der Waals surface area (Å²) in [7, 11) is 1.57. The number of carbonyl (C=O) groups excluding carboxylic acids is 2. The average Bonchev–Trinajstić information content (AvgIpc) is 3.08. The predicted octanol–water partition coefficient (Wildman–Crippen LogP) is 3.05. The molecule has 25 heavy (non-hydrogen) atoms. The van der Waals surface area contributed by atoms with Crippen molar-refractivity contribution in [3.63, 3.8) is 0 Å². The van der Waals surface area contributed by atoms with Crippen molar-refractivity contribution >= 4 is 29.2 Å². The molecule has 0 saturated heterocycles. The quantitative estimate of drug-likeness (QED) is 0.535. The number of allylic oxidation sites excluding steroid dienone is 1. The van der Waals surface area contributed by atoms with Crippen molar-refractivity contribution in [3.8, 4) is 11.5 Å². The third-order valence-electron chi connectivity index (χ3n) is 3.24. The lowest BCUT2D eigenvalue weighted by Gasteiger charge is -2.12. The minimum absolute atomic E-state index is 0.0329. The molecule has 5 nitrogen and oxygen atoms in total. The highest BCUT2D eigenvalue weighted by Crippen LogP contribution is 2.29. The number of thiophene rings is 1. The fourth-order valence-corrected chi connectivity index (χ4v) is 2.76. The number of ether oxygens (including phenoxy) is 2. The van der Waals surface area contributed by atoms with Crippen molar-refractivity contribution in [2.24, 2.45) is 5.92 Å². The number of ketones is 1. The first-order valence-electron chi connectivity index (χ1n) is 7.75. The van der Waals surface area contributed by atoms with Gasteiger partial charge in [0.05, 0.1) is 29.4 Å². The van der Waals surface area contributed by atoms with Crippen LogP contribution in [0.5, 0.6) is 11.5 Å². The maximum atomic E-state index is 12.1. The Kier molecular flexibility index (Phi) is 6.36. The average molecular weight is 359 g/mol. The molecule has 0 saturated carbocycles. The van der Waals surface area contributed by atoms with Gasteiger partial charge in [0.15, 0.2) is 17.3 Å². The summed E-state index contributed by atoms with van der Waals surface area (Å²) in [4.78, 5) is 23.3. The summed E-state index contributed by atoms with van der Waals surface area (Å²) < 4.78 is 11.0. The Balaban J connectivity index is 2.14. The molecule has 0 aliphatic heterocycles. The Labute approximate surface area is 150 Å². The topological polar surface area (TPSA) is 75.7 Å². The summed E-state index contributed by atoms with van der Waals surface area (Å²) in [6, 6.07) is 8.23. The molecule has 0 aliphatic carbocycles. The highest BCUT2D eigenvalue weighted by atomic mass is 32.1. The molecule has 2 aromatic rings. The summed E-state index contributed by atoms with van der Waals surface area (Å²) in [5, 5.41) is 10.8. The zero-order valence-electron chi connectivity index (χ0n) is 14.3. The second-order valence-corrected chi connectivity index (χ2v) is 6.85. The highest BCUT2D eigenvalue weighted by Gasteiger charge is 2.08. The van der Waals surface area contributed by atoms with Gasteiger partial charge in [-0.3, -0.25) is 4.79 Å². The predicted molar refractivity (Wildman–Crippen MR) is 95.3 cm³/mol. The minimum Gasteiger partial charge on any atom is -0.544 e. The number of carboxylic acids is 1. The zero-order chi connectivity index (χ0) is 18.4. The summed E-state index contributed by atoms with van der Waals surface area (Å²) in [6.45, 7) is 4.66. The molecule has 0 amide bonds. The van der Waals surface area contributed by atoms with E-state index < -0.39 is 5.97 Å². The first-order chi connectivity index (χ1) is 11.9. The number of carboxylic acid groups (broad SMARTS) is 1. The van der Waals surface area contributed by atoms with Gasteiger partial charge in [0, 0.05) is 0 Å². The lowest BCUT2D eigenvalue weighted by Crippen LogP contribution is -2.20. The smallest absolute Gasteiger partial charge is 0.195 e. The van der Waals surface area contributed by atoms with Crippen LogP contribution in [0, 0.1) is 5.92 Å². The van der Waals surface area contributed by atoms with E-state index in [0.717, 1.165) is 16.9 Å². The zero-order valence-corrected chi connectivity index (χ0v) is 15.1. The molecule has 1 heterocycles. The lowest BCUT2D eigenvalue weighted by atomic mass is 10.1. The molecule has 0 aliphatic rings. The molecule has 2 rings (SSSR count). The van der Waals surface area contributed by atoms with Gasteiger partial charge >= 0.3 is 0 Å². The first kappa shape index (κ1) is 18.7. The van der Waals surface area contributed by atoms with E-state index in [1.807, 2.05) is 6.07 Å². The van der Waals surface area contributed by atoms with Crippen LogP contribution < -0.4 is 14.6 Å². The van der Waals surface area contributed by atoms with Gasteiger partial charge in [0.1, 0.15) is 0 Å². The van der Waals surface area contributed by atoms with Gasteiger partial charge < -0.3 is 19.4 Å². The van der Waals surface area contributed by atoms with E-state index in [0.29, 0.717) is 28.9 Å². The first-order valence-corrected chi connectivity index (χ1v) is 8.56. The molecule has 0 fully saturated rings. The SMILES string of the molecule is COc1ccc(/C=C/C(=O)c2ccc(C(=O)[O-])s2)cc1OCC(C)C. The Morgan fingerprint density at radius 3 is 2.48 bits per heavy atom. The second kappa shape index (κ2) is 8.48. The maximum Gasteiger partial charge on any atom is 0.195 e. The Bertz CT molecular complexity index is 789. The van der Waals surface area contributed by atoms with Crippen molar-refractivity contribution in [1.82, 2.24) is 0 Å². The van der Waals surface area contributed by atoms with Crippen LogP contribution in [0.1, 0.15) is 38.8 Å². The normalized spacial score (nSPS) is 11.0. The number of carbonyl (C=O) groups is 2. The number of aromatic carboxylic acids is 1. The van der Waals surface area contributed by atoms with Crippen LogP contribution in [0.2, 0.25) is 0 Å². The molecule has 0 N–H and O–H groups in total. The van der Waals surface area contributed by atoms with E-state index in [1.54, 1.807) is 25.3 Å². The second-order valence-electron chi connectivity index (χ2n) is 5.76. The lowest BCUT2D eigenvalue weighted by molar-refractivity contribution is -0.254. The molecular formula is C19H19O5S-. The number of hydrogen-bond donors (Lipinski definition) is 0. The van der Waals surface area contributed by atoms with Gasteiger partial charge in [-0.2, -0.15) is 0 Å². The number of benzene rings is 1. The molecule has 1 aromatic carbocycles. The Morgan fingerprint density at radius 1 is 1.16 bits per heavy atom. The van der Waals surface area contributed by atoms with Gasteiger partial charge in [0.25, 0.3) is 0 Å². The molecular weight excluding hydrogens is 340 g/mol. The van der Waals surface area contributed by atoms with Crippen LogP contribution in [-0.4, -0.2) is 25.5 Å². The van der Waals surface area contributed by atoms with Crippen molar-refractivity contribution in [1.29, 1.82) is 0 Å².